The Morgan fingerprint density at radius 3 is 1.87 bits per heavy atom. The van der Waals surface area contributed by atoms with Crippen molar-refractivity contribution in [3.63, 3.8) is 0 Å². The molecule has 0 bridgehead atoms. The predicted molar refractivity (Wildman–Crippen MR) is 127 cm³/mol. The number of fused-ring (bicyclic) bond motifs is 2. The first-order valence-electron chi connectivity index (χ1n) is 11.4. The van der Waals surface area contributed by atoms with Crippen LogP contribution in [0.5, 0.6) is 0 Å². The Bertz CT molecular complexity index is 1100. The zero-order valence-corrected chi connectivity index (χ0v) is 19.2. The van der Waals surface area contributed by atoms with Crippen LogP contribution in [-0.4, -0.2) is 19.9 Å². The molecule has 30 heavy (non-hydrogen) atoms. The second kappa shape index (κ2) is 7.57. The van der Waals surface area contributed by atoms with Gasteiger partial charge in [-0.05, 0) is 48.8 Å². The third-order valence-corrected chi connectivity index (χ3v) is 7.63. The minimum Gasteiger partial charge on any atom is -0.341 e. The molecule has 0 atom stereocenters. The zero-order chi connectivity index (χ0) is 21.5. The minimum absolute atomic E-state index is 0.0819. The smallest absolute Gasteiger partial charge is 0.138 e. The van der Waals surface area contributed by atoms with Gasteiger partial charge in [-0.3, -0.25) is 0 Å². The maximum absolute atomic E-state index is 4.91. The van der Waals surface area contributed by atoms with Gasteiger partial charge in [-0.2, -0.15) is 0 Å². The first-order chi connectivity index (χ1) is 14.4. The molecule has 158 valence electrons. The van der Waals surface area contributed by atoms with Crippen LogP contribution in [0.1, 0.15) is 78.6 Å². The lowest BCUT2D eigenvalue weighted by Gasteiger charge is -2.27. The SMILES string of the molecule is CCC(C)(CC)c1ccc(-c2nc3cc4nc(C(C)(CC)CC)[nH]c4cc3[nH]2)cc1. The molecular formula is C26H34N4. The molecule has 0 saturated heterocycles. The molecule has 2 aromatic heterocycles. The molecule has 0 fully saturated rings. The van der Waals surface area contributed by atoms with E-state index in [1.807, 2.05) is 0 Å². The van der Waals surface area contributed by atoms with Crippen molar-refractivity contribution in [2.75, 3.05) is 0 Å². The van der Waals surface area contributed by atoms with Crippen LogP contribution in [0.25, 0.3) is 33.5 Å². The molecule has 0 unspecified atom stereocenters. The van der Waals surface area contributed by atoms with Gasteiger partial charge in [-0.1, -0.05) is 65.8 Å². The van der Waals surface area contributed by atoms with Gasteiger partial charge in [0.15, 0.2) is 0 Å². The van der Waals surface area contributed by atoms with Crippen molar-refractivity contribution in [1.82, 2.24) is 19.9 Å². The summed E-state index contributed by atoms with van der Waals surface area (Å²) in [7, 11) is 0. The highest BCUT2D eigenvalue weighted by Crippen LogP contribution is 2.34. The van der Waals surface area contributed by atoms with Gasteiger partial charge >= 0.3 is 0 Å². The summed E-state index contributed by atoms with van der Waals surface area (Å²) in [5.74, 6) is 1.98. The largest absolute Gasteiger partial charge is 0.341 e. The molecule has 4 aromatic rings. The molecule has 0 amide bonds. The second-order valence-corrected chi connectivity index (χ2v) is 9.17. The summed E-state index contributed by atoms with van der Waals surface area (Å²) in [5.41, 5.74) is 6.88. The number of aromatic amines is 2. The van der Waals surface area contributed by atoms with E-state index < -0.39 is 0 Å². The molecule has 4 nitrogen and oxygen atoms in total. The number of aromatic nitrogens is 4. The van der Waals surface area contributed by atoms with Gasteiger partial charge in [0.2, 0.25) is 0 Å². The molecule has 0 aliphatic carbocycles. The highest BCUT2D eigenvalue weighted by Gasteiger charge is 2.26. The Balaban J connectivity index is 1.70. The first kappa shape index (κ1) is 20.6. The topological polar surface area (TPSA) is 57.4 Å². The average molecular weight is 403 g/mol. The number of benzene rings is 2. The van der Waals surface area contributed by atoms with Crippen LogP contribution in [-0.2, 0) is 10.8 Å². The summed E-state index contributed by atoms with van der Waals surface area (Å²) in [4.78, 5) is 16.8. The standard InChI is InChI=1S/C26H34N4/c1-7-25(5,8-2)18-13-11-17(12-14-18)23-27-19-15-21-22(16-20(19)28-23)30-24(29-21)26(6,9-3)10-4/h11-16H,7-10H2,1-6H3,(H,27,28)(H,29,30). The molecule has 0 aliphatic rings. The van der Waals surface area contributed by atoms with Gasteiger partial charge in [0.25, 0.3) is 0 Å². The molecule has 0 spiro atoms. The normalized spacial score (nSPS) is 12.9. The van der Waals surface area contributed by atoms with E-state index in [0.29, 0.717) is 0 Å². The number of imidazole rings is 2. The summed E-state index contributed by atoms with van der Waals surface area (Å²) in [5, 5.41) is 0. The number of rotatable bonds is 7. The Labute approximate surface area is 179 Å². The van der Waals surface area contributed by atoms with E-state index in [9.17, 15) is 0 Å². The van der Waals surface area contributed by atoms with E-state index in [2.05, 4.69) is 87.9 Å². The summed E-state index contributed by atoms with van der Waals surface area (Å²) >= 11 is 0. The number of hydrogen-bond donors (Lipinski definition) is 2. The Kier molecular flexibility index (Phi) is 5.21. The Morgan fingerprint density at radius 1 is 0.700 bits per heavy atom. The van der Waals surface area contributed by atoms with Gasteiger partial charge < -0.3 is 9.97 Å². The van der Waals surface area contributed by atoms with Gasteiger partial charge in [-0.25, -0.2) is 9.97 Å². The van der Waals surface area contributed by atoms with E-state index in [1.54, 1.807) is 0 Å². The Hall–Kier alpha value is -2.62. The van der Waals surface area contributed by atoms with Crippen molar-refractivity contribution in [2.45, 2.75) is 78.1 Å². The summed E-state index contributed by atoms with van der Waals surface area (Å²) in [6, 6.07) is 13.1. The van der Waals surface area contributed by atoms with Crippen molar-refractivity contribution < 1.29 is 0 Å². The van der Waals surface area contributed by atoms with Gasteiger partial charge in [0.1, 0.15) is 11.6 Å². The predicted octanol–water partition coefficient (Wildman–Crippen LogP) is 7.26. The summed E-state index contributed by atoms with van der Waals surface area (Å²) in [6.45, 7) is 13.6. The van der Waals surface area contributed by atoms with E-state index in [4.69, 9.17) is 9.97 Å². The van der Waals surface area contributed by atoms with Crippen LogP contribution in [0.3, 0.4) is 0 Å². The minimum atomic E-state index is 0.0819. The molecule has 0 saturated carbocycles. The van der Waals surface area contributed by atoms with Crippen LogP contribution in [0.15, 0.2) is 36.4 Å². The Morgan fingerprint density at radius 2 is 1.27 bits per heavy atom. The van der Waals surface area contributed by atoms with Crippen LogP contribution in [0.4, 0.5) is 0 Å². The lowest BCUT2D eigenvalue weighted by atomic mass is 9.78. The van der Waals surface area contributed by atoms with Crippen LogP contribution in [0.2, 0.25) is 0 Å². The lowest BCUT2D eigenvalue weighted by Crippen LogP contribution is -2.21. The lowest BCUT2D eigenvalue weighted by molar-refractivity contribution is 0.416. The molecule has 4 rings (SSSR count). The molecule has 2 heterocycles. The molecule has 2 N–H and O–H groups in total. The second-order valence-electron chi connectivity index (χ2n) is 9.17. The van der Waals surface area contributed by atoms with E-state index >= 15 is 0 Å². The third kappa shape index (κ3) is 3.32. The van der Waals surface area contributed by atoms with Gasteiger partial charge in [0.05, 0.1) is 22.1 Å². The number of nitrogens with one attached hydrogen (secondary N) is 2. The van der Waals surface area contributed by atoms with E-state index in [-0.39, 0.29) is 10.8 Å². The van der Waals surface area contributed by atoms with Crippen molar-refractivity contribution in [2.24, 2.45) is 0 Å². The summed E-state index contributed by atoms with van der Waals surface area (Å²) in [6.07, 6.45) is 4.41. The van der Waals surface area contributed by atoms with Crippen molar-refractivity contribution >= 4 is 22.1 Å². The maximum Gasteiger partial charge on any atom is 0.138 e. The van der Waals surface area contributed by atoms with Gasteiger partial charge in [-0.15, -0.1) is 0 Å². The summed E-state index contributed by atoms with van der Waals surface area (Å²) < 4.78 is 0. The van der Waals surface area contributed by atoms with Crippen LogP contribution >= 0.6 is 0 Å². The quantitative estimate of drug-likeness (QED) is 0.342. The average Bonchev–Trinajstić information content (AvgIpc) is 3.39. The fraction of sp³-hybridized carbons (Fsp3) is 0.462. The third-order valence-electron chi connectivity index (χ3n) is 7.63. The van der Waals surface area contributed by atoms with Crippen LogP contribution in [0, 0.1) is 0 Å². The fourth-order valence-corrected chi connectivity index (χ4v) is 4.21. The molecule has 0 radical (unpaired) electrons. The highest BCUT2D eigenvalue weighted by molar-refractivity contribution is 5.92. The molecule has 4 heteroatoms. The van der Waals surface area contributed by atoms with Crippen molar-refractivity contribution in [3.8, 4) is 11.4 Å². The molecular weight excluding hydrogens is 368 g/mol. The first-order valence-corrected chi connectivity index (χ1v) is 11.4. The zero-order valence-electron chi connectivity index (χ0n) is 19.2. The maximum atomic E-state index is 4.91. The van der Waals surface area contributed by atoms with Crippen molar-refractivity contribution in [3.05, 3.63) is 47.8 Å². The van der Waals surface area contributed by atoms with Gasteiger partial charge in [0, 0.05) is 11.0 Å². The molecule has 2 aromatic carbocycles. The van der Waals surface area contributed by atoms with E-state index in [0.717, 1.165) is 65.0 Å². The monoisotopic (exact) mass is 402 g/mol. The molecule has 0 aliphatic heterocycles. The fourth-order valence-electron chi connectivity index (χ4n) is 4.21. The van der Waals surface area contributed by atoms with E-state index in [1.165, 1.54) is 5.56 Å². The highest BCUT2D eigenvalue weighted by atomic mass is 15.0. The number of H-pyrrole nitrogens is 2. The number of nitrogens with zero attached hydrogens (tertiary/aromatic N) is 2. The van der Waals surface area contributed by atoms with Crippen molar-refractivity contribution in [1.29, 1.82) is 0 Å². The number of hydrogen-bond acceptors (Lipinski definition) is 2. The van der Waals surface area contributed by atoms with Crippen LogP contribution < -0.4 is 0 Å².